The SMILES string of the molecule is COCc1cc(C(=O)OC)ncc1CNC[C@H](C)O. The topological polar surface area (TPSA) is 80.7 Å². The van der Waals surface area contributed by atoms with Gasteiger partial charge in [0, 0.05) is 26.4 Å². The van der Waals surface area contributed by atoms with Crippen LogP contribution in [0, 0.1) is 0 Å². The molecule has 1 rings (SSSR count). The van der Waals surface area contributed by atoms with Gasteiger partial charge in [-0.05, 0) is 24.1 Å². The lowest BCUT2D eigenvalue weighted by Crippen LogP contribution is -2.24. The Bertz CT molecular complexity index is 421. The van der Waals surface area contributed by atoms with Gasteiger partial charge < -0.3 is 19.9 Å². The number of hydrogen-bond acceptors (Lipinski definition) is 6. The van der Waals surface area contributed by atoms with E-state index in [2.05, 4.69) is 15.0 Å². The molecule has 0 aliphatic heterocycles. The fourth-order valence-electron chi connectivity index (χ4n) is 1.61. The van der Waals surface area contributed by atoms with Gasteiger partial charge in [-0.25, -0.2) is 9.78 Å². The summed E-state index contributed by atoms with van der Waals surface area (Å²) in [5, 5.41) is 12.3. The summed E-state index contributed by atoms with van der Waals surface area (Å²) in [7, 11) is 2.91. The Labute approximate surface area is 112 Å². The summed E-state index contributed by atoms with van der Waals surface area (Å²) >= 11 is 0. The van der Waals surface area contributed by atoms with Crippen molar-refractivity contribution in [3.05, 3.63) is 29.1 Å². The van der Waals surface area contributed by atoms with Gasteiger partial charge in [-0.1, -0.05) is 0 Å². The molecular formula is C13H20N2O4. The molecule has 0 aliphatic carbocycles. The second-order valence-electron chi connectivity index (χ2n) is 4.24. The molecule has 1 aromatic heterocycles. The van der Waals surface area contributed by atoms with Crippen LogP contribution in [-0.4, -0.2) is 42.9 Å². The maximum atomic E-state index is 11.4. The molecule has 0 unspecified atom stereocenters. The van der Waals surface area contributed by atoms with Gasteiger partial charge >= 0.3 is 5.97 Å². The first kappa shape index (κ1) is 15.6. The highest BCUT2D eigenvalue weighted by Gasteiger charge is 2.11. The third-order valence-electron chi connectivity index (χ3n) is 2.53. The number of methoxy groups -OCH3 is 2. The van der Waals surface area contributed by atoms with Crippen molar-refractivity contribution in [2.24, 2.45) is 0 Å². The van der Waals surface area contributed by atoms with E-state index in [4.69, 9.17) is 4.74 Å². The number of hydrogen-bond donors (Lipinski definition) is 2. The van der Waals surface area contributed by atoms with Crippen molar-refractivity contribution in [1.82, 2.24) is 10.3 Å². The Balaban J connectivity index is 2.82. The smallest absolute Gasteiger partial charge is 0.356 e. The van der Waals surface area contributed by atoms with Crippen LogP contribution in [0.2, 0.25) is 0 Å². The molecule has 1 atom stereocenters. The van der Waals surface area contributed by atoms with Crippen LogP contribution in [0.4, 0.5) is 0 Å². The molecule has 19 heavy (non-hydrogen) atoms. The van der Waals surface area contributed by atoms with Gasteiger partial charge in [0.1, 0.15) is 5.69 Å². The molecule has 106 valence electrons. The van der Waals surface area contributed by atoms with E-state index in [9.17, 15) is 9.90 Å². The fraction of sp³-hybridized carbons (Fsp3) is 0.538. The van der Waals surface area contributed by atoms with Crippen LogP contribution in [0.15, 0.2) is 12.3 Å². The molecule has 1 aromatic rings. The molecule has 0 aromatic carbocycles. The Kier molecular flexibility index (Phi) is 6.41. The third kappa shape index (κ3) is 4.94. The first-order chi connectivity index (χ1) is 9.08. The number of nitrogens with one attached hydrogen (secondary N) is 1. The van der Waals surface area contributed by atoms with Crippen LogP contribution in [0.25, 0.3) is 0 Å². The highest BCUT2D eigenvalue weighted by Crippen LogP contribution is 2.12. The van der Waals surface area contributed by atoms with Crippen molar-refractivity contribution in [1.29, 1.82) is 0 Å². The number of rotatable bonds is 7. The monoisotopic (exact) mass is 268 g/mol. The van der Waals surface area contributed by atoms with E-state index >= 15 is 0 Å². The first-order valence-electron chi connectivity index (χ1n) is 6.02. The van der Waals surface area contributed by atoms with E-state index in [0.29, 0.717) is 19.7 Å². The van der Waals surface area contributed by atoms with Gasteiger partial charge in [0.05, 0.1) is 19.8 Å². The number of carbonyl (C=O) groups excluding carboxylic acids is 1. The predicted octanol–water partition coefficient (Wildman–Crippen LogP) is 0.485. The Morgan fingerprint density at radius 2 is 2.21 bits per heavy atom. The summed E-state index contributed by atoms with van der Waals surface area (Å²) in [6, 6.07) is 1.66. The van der Waals surface area contributed by atoms with E-state index in [1.54, 1.807) is 26.3 Å². The average molecular weight is 268 g/mol. The van der Waals surface area contributed by atoms with Gasteiger partial charge in [0.25, 0.3) is 0 Å². The average Bonchev–Trinajstić information content (AvgIpc) is 2.39. The minimum atomic E-state index is -0.471. The molecule has 0 amide bonds. The first-order valence-corrected chi connectivity index (χ1v) is 6.02. The van der Waals surface area contributed by atoms with Crippen molar-refractivity contribution in [2.45, 2.75) is 26.2 Å². The molecular weight excluding hydrogens is 248 g/mol. The van der Waals surface area contributed by atoms with Crippen molar-refractivity contribution in [3.8, 4) is 0 Å². The van der Waals surface area contributed by atoms with E-state index < -0.39 is 12.1 Å². The van der Waals surface area contributed by atoms with Crippen LogP contribution >= 0.6 is 0 Å². The molecule has 0 radical (unpaired) electrons. The minimum absolute atomic E-state index is 0.258. The number of pyridine rings is 1. The summed E-state index contributed by atoms with van der Waals surface area (Å²) in [6.07, 6.45) is 1.21. The quantitative estimate of drug-likeness (QED) is 0.700. The van der Waals surface area contributed by atoms with Crippen LogP contribution in [-0.2, 0) is 22.6 Å². The summed E-state index contributed by atoms with van der Waals surface area (Å²) in [5.41, 5.74) is 2.06. The zero-order valence-electron chi connectivity index (χ0n) is 11.5. The third-order valence-corrected chi connectivity index (χ3v) is 2.53. The van der Waals surface area contributed by atoms with Crippen molar-refractivity contribution < 1.29 is 19.4 Å². The zero-order chi connectivity index (χ0) is 14.3. The minimum Gasteiger partial charge on any atom is -0.464 e. The largest absolute Gasteiger partial charge is 0.464 e. The number of aliphatic hydroxyl groups is 1. The number of carbonyl (C=O) groups is 1. The van der Waals surface area contributed by atoms with Crippen molar-refractivity contribution in [3.63, 3.8) is 0 Å². The Hall–Kier alpha value is -1.50. The lowest BCUT2D eigenvalue weighted by Gasteiger charge is -2.12. The summed E-state index contributed by atoms with van der Waals surface area (Å²) in [5.74, 6) is -0.471. The van der Waals surface area contributed by atoms with E-state index in [1.165, 1.54) is 7.11 Å². The van der Waals surface area contributed by atoms with Gasteiger partial charge in [-0.2, -0.15) is 0 Å². The van der Waals surface area contributed by atoms with Gasteiger partial charge in [-0.15, -0.1) is 0 Å². The maximum Gasteiger partial charge on any atom is 0.356 e. The number of aliphatic hydroxyl groups excluding tert-OH is 1. The second kappa shape index (κ2) is 7.83. The molecule has 1 heterocycles. The van der Waals surface area contributed by atoms with Crippen molar-refractivity contribution in [2.75, 3.05) is 20.8 Å². The van der Waals surface area contributed by atoms with Crippen LogP contribution in [0.5, 0.6) is 0 Å². The second-order valence-corrected chi connectivity index (χ2v) is 4.24. The molecule has 2 N–H and O–H groups in total. The number of esters is 1. The normalized spacial score (nSPS) is 12.2. The van der Waals surface area contributed by atoms with Crippen molar-refractivity contribution >= 4 is 5.97 Å². The van der Waals surface area contributed by atoms with E-state index in [1.807, 2.05) is 0 Å². The van der Waals surface area contributed by atoms with Crippen LogP contribution in [0.1, 0.15) is 28.5 Å². The van der Waals surface area contributed by atoms with Crippen LogP contribution < -0.4 is 5.32 Å². The predicted molar refractivity (Wildman–Crippen MR) is 69.7 cm³/mol. The highest BCUT2D eigenvalue weighted by atomic mass is 16.5. The number of nitrogens with zero attached hydrogens (tertiary/aromatic N) is 1. The molecule has 6 heteroatoms. The Morgan fingerprint density at radius 1 is 1.47 bits per heavy atom. The molecule has 0 saturated carbocycles. The molecule has 0 saturated heterocycles. The lowest BCUT2D eigenvalue weighted by atomic mass is 10.1. The maximum absolute atomic E-state index is 11.4. The zero-order valence-corrected chi connectivity index (χ0v) is 11.5. The molecule has 0 spiro atoms. The summed E-state index contributed by atoms with van der Waals surface area (Å²) in [6.45, 7) is 3.14. The lowest BCUT2D eigenvalue weighted by molar-refractivity contribution is 0.0593. The number of aromatic nitrogens is 1. The summed E-state index contributed by atoms with van der Waals surface area (Å²) < 4.78 is 9.74. The van der Waals surface area contributed by atoms with E-state index in [0.717, 1.165) is 11.1 Å². The van der Waals surface area contributed by atoms with Gasteiger partial charge in [0.15, 0.2) is 0 Å². The van der Waals surface area contributed by atoms with Gasteiger partial charge in [0.2, 0.25) is 0 Å². The van der Waals surface area contributed by atoms with Crippen LogP contribution in [0.3, 0.4) is 0 Å². The molecule has 0 aliphatic rings. The molecule has 0 bridgehead atoms. The Morgan fingerprint density at radius 3 is 2.79 bits per heavy atom. The molecule has 6 nitrogen and oxygen atoms in total. The van der Waals surface area contributed by atoms with Gasteiger partial charge in [-0.3, -0.25) is 0 Å². The number of ether oxygens (including phenoxy) is 2. The fourth-order valence-corrected chi connectivity index (χ4v) is 1.61. The standard InChI is InChI=1S/C13H20N2O4/c1-9(16)5-14-6-11-7-15-12(13(17)19-3)4-10(11)8-18-2/h4,7,9,14,16H,5-6,8H2,1-3H3/t9-/m0/s1. The summed E-state index contributed by atoms with van der Waals surface area (Å²) in [4.78, 5) is 15.5. The molecule has 0 fully saturated rings. The highest BCUT2D eigenvalue weighted by molar-refractivity contribution is 5.87. The van der Waals surface area contributed by atoms with E-state index in [-0.39, 0.29) is 5.69 Å².